The highest BCUT2D eigenvalue weighted by Crippen LogP contribution is 2.34. The molecule has 0 spiro atoms. The molecule has 1 aromatic carbocycles. The van der Waals surface area contributed by atoms with Crippen molar-refractivity contribution in [2.75, 3.05) is 12.1 Å². The Hall–Kier alpha value is -2.24. The maximum absolute atomic E-state index is 11.7. The fourth-order valence-corrected chi connectivity index (χ4v) is 1.87. The van der Waals surface area contributed by atoms with Crippen LogP contribution in [-0.4, -0.2) is 23.8 Å². The van der Waals surface area contributed by atoms with Gasteiger partial charge in [0.1, 0.15) is 0 Å². The molecule has 0 aliphatic carbocycles. The number of carbonyl (C=O) groups is 2. The molecule has 0 bridgehead atoms. The molecule has 1 aliphatic rings. The van der Waals surface area contributed by atoms with Crippen molar-refractivity contribution in [3.8, 4) is 11.5 Å². The van der Waals surface area contributed by atoms with Gasteiger partial charge in [-0.3, -0.25) is 9.59 Å². The number of anilines is 1. The van der Waals surface area contributed by atoms with Crippen molar-refractivity contribution in [1.82, 2.24) is 0 Å². The molecule has 1 atom stereocenters. The number of carboxylic acid groups (broad SMARTS) is 1. The number of hydrogen-bond acceptors (Lipinski definition) is 4. The summed E-state index contributed by atoms with van der Waals surface area (Å²) in [6.45, 7) is 1.91. The minimum Gasteiger partial charge on any atom is -0.481 e. The highest BCUT2D eigenvalue weighted by atomic mass is 16.7. The number of fused-ring (bicyclic) bond motifs is 1. The van der Waals surface area contributed by atoms with Gasteiger partial charge in [0.25, 0.3) is 0 Å². The van der Waals surface area contributed by atoms with Crippen LogP contribution < -0.4 is 14.8 Å². The maximum Gasteiger partial charge on any atom is 0.303 e. The van der Waals surface area contributed by atoms with E-state index in [-0.39, 0.29) is 31.5 Å². The number of hydrogen-bond donors (Lipinski definition) is 2. The summed E-state index contributed by atoms with van der Waals surface area (Å²) in [7, 11) is 0. The minimum absolute atomic E-state index is 0.0193. The predicted octanol–water partition coefficient (Wildman–Crippen LogP) is 1.85. The van der Waals surface area contributed by atoms with Gasteiger partial charge in [-0.25, -0.2) is 0 Å². The van der Waals surface area contributed by atoms with Crippen molar-refractivity contribution in [2.24, 2.45) is 5.92 Å². The second kappa shape index (κ2) is 5.60. The van der Waals surface area contributed by atoms with E-state index in [0.717, 1.165) is 0 Å². The Balaban J connectivity index is 1.90. The minimum atomic E-state index is -0.900. The first kappa shape index (κ1) is 13.2. The third-order valence-corrected chi connectivity index (χ3v) is 2.71. The Morgan fingerprint density at radius 2 is 2.05 bits per heavy atom. The van der Waals surface area contributed by atoms with E-state index >= 15 is 0 Å². The molecular weight excluding hydrogens is 250 g/mol. The summed E-state index contributed by atoms with van der Waals surface area (Å²) in [6, 6.07) is 5.12. The summed E-state index contributed by atoms with van der Waals surface area (Å²) < 4.78 is 10.4. The standard InChI is InChI=1S/C13H15NO5/c1-8(5-13(16)17)4-12(15)14-9-2-3-10-11(6-9)19-7-18-10/h2-3,6,8H,4-5,7H2,1H3,(H,14,15)(H,16,17). The molecule has 1 aliphatic heterocycles. The van der Waals surface area contributed by atoms with Crippen molar-refractivity contribution in [1.29, 1.82) is 0 Å². The average Bonchev–Trinajstić information content (AvgIpc) is 2.74. The second-order valence-corrected chi connectivity index (χ2v) is 4.52. The lowest BCUT2D eigenvalue weighted by atomic mass is 10.0. The Morgan fingerprint density at radius 3 is 2.79 bits per heavy atom. The predicted molar refractivity (Wildman–Crippen MR) is 67.2 cm³/mol. The molecule has 1 aromatic rings. The molecule has 2 rings (SSSR count). The van der Waals surface area contributed by atoms with Crippen molar-refractivity contribution < 1.29 is 24.2 Å². The van der Waals surface area contributed by atoms with Crippen molar-refractivity contribution in [2.45, 2.75) is 19.8 Å². The van der Waals surface area contributed by atoms with Crippen LogP contribution in [0.25, 0.3) is 0 Å². The lowest BCUT2D eigenvalue weighted by Crippen LogP contribution is -2.16. The molecule has 0 aromatic heterocycles. The maximum atomic E-state index is 11.7. The first-order valence-electron chi connectivity index (χ1n) is 5.96. The summed E-state index contributed by atoms with van der Waals surface area (Å²) in [6.07, 6.45) is 0.148. The Kier molecular flexibility index (Phi) is 3.89. The average molecular weight is 265 g/mol. The van der Waals surface area contributed by atoms with E-state index in [0.29, 0.717) is 17.2 Å². The van der Waals surface area contributed by atoms with Crippen LogP contribution in [0.5, 0.6) is 11.5 Å². The fraction of sp³-hybridized carbons (Fsp3) is 0.385. The number of amides is 1. The van der Waals surface area contributed by atoms with E-state index < -0.39 is 5.97 Å². The van der Waals surface area contributed by atoms with Gasteiger partial charge in [0.05, 0.1) is 0 Å². The fourth-order valence-electron chi connectivity index (χ4n) is 1.87. The van der Waals surface area contributed by atoms with Crippen LogP contribution in [0.1, 0.15) is 19.8 Å². The van der Waals surface area contributed by atoms with Gasteiger partial charge in [-0.15, -0.1) is 0 Å². The van der Waals surface area contributed by atoms with Gasteiger partial charge in [-0.2, -0.15) is 0 Å². The van der Waals surface area contributed by atoms with E-state index in [1.54, 1.807) is 25.1 Å². The highest BCUT2D eigenvalue weighted by molar-refractivity contribution is 5.91. The first-order valence-corrected chi connectivity index (χ1v) is 5.96. The van der Waals surface area contributed by atoms with Crippen LogP contribution in [0.3, 0.4) is 0 Å². The van der Waals surface area contributed by atoms with Gasteiger partial charge in [0.15, 0.2) is 11.5 Å². The third-order valence-electron chi connectivity index (χ3n) is 2.71. The molecule has 0 saturated heterocycles. The van der Waals surface area contributed by atoms with E-state index in [9.17, 15) is 9.59 Å². The van der Waals surface area contributed by atoms with E-state index in [1.807, 2.05) is 0 Å². The van der Waals surface area contributed by atoms with Crippen LogP contribution in [0.2, 0.25) is 0 Å². The van der Waals surface area contributed by atoms with Crippen molar-refractivity contribution >= 4 is 17.6 Å². The number of nitrogens with one attached hydrogen (secondary N) is 1. The van der Waals surface area contributed by atoms with Gasteiger partial charge in [0.2, 0.25) is 12.7 Å². The van der Waals surface area contributed by atoms with E-state index in [1.165, 1.54) is 0 Å². The zero-order valence-corrected chi connectivity index (χ0v) is 10.5. The second-order valence-electron chi connectivity index (χ2n) is 4.52. The Labute approximate surface area is 110 Å². The van der Waals surface area contributed by atoms with Crippen molar-refractivity contribution in [3.63, 3.8) is 0 Å². The molecule has 0 fully saturated rings. The van der Waals surface area contributed by atoms with Crippen LogP contribution in [0, 0.1) is 5.92 Å². The monoisotopic (exact) mass is 265 g/mol. The summed E-state index contributed by atoms with van der Waals surface area (Å²) in [5, 5.41) is 11.3. The van der Waals surface area contributed by atoms with Crippen LogP contribution in [-0.2, 0) is 9.59 Å². The quantitative estimate of drug-likeness (QED) is 0.848. The molecule has 2 N–H and O–H groups in total. The van der Waals surface area contributed by atoms with Crippen LogP contribution in [0.4, 0.5) is 5.69 Å². The number of rotatable bonds is 5. The largest absolute Gasteiger partial charge is 0.481 e. The number of aliphatic carboxylic acids is 1. The molecule has 19 heavy (non-hydrogen) atoms. The van der Waals surface area contributed by atoms with Gasteiger partial charge < -0.3 is 19.9 Å². The van der Waals surface area contributed by atoms with Gasteiger partial charge >= 0.3 is 5.97 Å². The van der Waals surface area contributed by atoms with Gasteiger partial charge in [-0.05, 0) is 18.1 Å². The zero-order chi connectivity index (χ0) is 13.8. The van der Waals surface area contributed by atoms with Gasteiger partial charge in [-0.1, -0.05) is 6.92 Å². The first-order chi connectivity index (χ1) is 9.04. The summed E-state index contributed by atoms with van der Waals surface area (Å²) in [5.74, 6) is -0.0730. The molecule has 6 nitrogen and oxygen atoms in total. The number of carboxylic acids is 1. The SMILES string of the molecule is CC(CC(=O)O)CC(=O)Nc1ccc2c(c1)OCO2. The molecular formula is C13H15NO5. The molecule has 1 unspecified atom stereocenters. The summed E-state index contributed by atoms with van der Waals surface area (Å²) in [4.78, 5) is 22.2. The van der Waals surface area contributed by atoms with E-state index in [4.69, 9.17) is 14.6 Å². The van der Waals surface area contributed by atoms with Crippen LogP contribution >= 0.6 is 0 Å². The van der Waals surface area contributed by atoms with Crippen molar-refractivity contribution in [3.05, 3.63) is 18.2 Å². The number of ether oxygens (including phenoxy) is 2. The summed E-state index contributed by atoms with van der Waals surface area (Å²) in [5.41, 5.74) is 0.608. The van der Waals surface area contributed by atoms with Crippen LogP contribution in [0.15, 0.2) is 18.2 Å². The van der Waals surface area contributed by atoms with Gasteiger partial charge in [0, 0.05) is 24.6 Å². The topological polar surface area (TPSA) is 84.9 Å². The molecule has 0 radical (unpaired) electrons. The normalized spacial score (nSPS) is 13.9. The zero-order valence-electron chi connectivity index (χ0n) is 10.5. The molecule has 0 saturated carbocycles. The summed E-state index contributed by atoms with van der Waals surface area (Å²) >= 11 is 0. The van der Waals surface area contributed by atoms with E-state index in [2.05, 4.69) is 5.32 Å². The smallest absolute Gasteiger partial charge is 0.303 e. The molecule has 1 heterocycles. The number of benzene rings is 1. The molecule has 6 heteroatoms. The molecule has 102 valence electrons. The highest BCUT2D eigenvalue weighted by Gasteiger charge is 2.16. The lowest BCUT2D eigenvalue weighted by Gasteiger charge is -2.09. The Bertz CT molecular complexity index is 500. The lowest BCUT2D eigenvalue weighted by molar-refractivity contribution is -0.138. The number of carbonyl (C=O) groups excluding carboxylic acids is 1. The third kappa shape index (κ3) is 3.61. The molecule has 1 amide bonds. The Morgan fingerprint density at radius 1 is 1.32 bits per heavy atom.